The summed E-state index contributed by atoms with van der Waals surface area (Å²) in [5.41, 5.74) is 1.23. The molecular weight excluding hydrogens is 253 g/mol. The normalized spacial score (nSPS) is 14.6. The first-order chi connectivity index (χ1) is 9.40. The summed E-state index contributed by atoms with van der Waals surface area (Å²) >= 11 is 1.08. The highest BCUT2D eigenvalue weighted by Gasteiger charge is 2.32. The molecule has 0 aliphatic carbocycles. The molecular formula is C15H25BNOS. The zero-order chi connectivity index (χ0) is 15.2. The smallest absolute Gasteiger partial charge is 0.209 e. The Morgan fingerprint density at radius 1 is 1.37 bits per heavy atom. The van der Waals surface area contributed by atoms with Crippen molar-refractivity contribution >= 4 is 19.0 Å². The van der Waals surface area contributed by atoms with Gasteiger partial charge in [0.15, 0.2) is 0 Å². The van der Waals surface area contributed by atoms with Crippen molar-refractivity contribution in [2.45, 2.75) is 39.3 Å². The van der Waals surface area contributed by atoms with E-state index in [-0.39, 0.29) is 5.54 Å². The lowest BCUT2D eigenvalue weighted by molar-refractivity contribution is 0.0423. The molecule has 1 aromatic rings. The van der Waals surface area contributed by atoms with Crippen LogP contribution in [0.2, 0.25) is 0 Å². The lowest BCUT2D eigenvalue weighted by Crippen LogP contribution is -2.47. The lowest BCUT2D eigenvalue weighted by atomic mass is 9.90. The quantitative estimate of drug-likeness (QED) is 0.410. The molecule has 19 heavy (non-hydrogen) atoms. The molecule has 105 valence electrons. The molecule has 0 bridgehead atoms. The molecule has 2 nitrogen and oxygen atoms in total. The third-order valence-corrected chi connectivity index (χ3v) is 3.88. The van der Waals surface area contributed by atoms with Gasteiger partial charge in [0.05, 0.1) is 6.61 Å². The van der Waals surface area contributed by atoms with Crippen molar-refractivity contribution in [2.24, 2.45) is 5.92 Å². The first-order valence-corrected chi connectivity index (χ1v) is 7.47. The van der Waals surface area contributed by atoms with Crippen molar-refractivity contribution in [3.05, 3.63) is 35.9 Å². The minimum Gasteiger partial charge on any atom is -0.326 e. The van der Waals surface area contributed by atoms with Crippen molar-refractivity contribution < 1.29 is 4.18 Å². The number of likely N-dealkylation sites (N-methyl/N-ethyl adjacent to an activating group) is 1. The number of nitrogens with zero attached hydrogens (tertiary/aromatic N) is 1. The van der Waals surface area contributed by atoms with E-state index in [9.17, 15) is 0 Å². The van der Waals surface area contributed by atoms with E-state index in [1.54, 1.807) is 0 Å². The van der Waals surface area contributed by atoms with Gasteiger partial charge in [0.1, 0.15) is 0 Å². The maximum Gasteiger partial charge on any atom is 0.209 e. The average molecular weight is 280 g/mol. The number of hydrogen-bond acceptors (Lipinski definition) is 3. The van der Waals surface area contributed by atoms with E-state index in [2.05, 4.69) is 70.0 Å². The van der Waals surface area contributed by atoms with Crippen LogP contribution in [-0.2, 0) is 4.18 Å². The van der Waals surface area contributed by atoms with Crippen LogP contribution in [0.25, 0.3) is 0 Å². The van der Waals surface area contributed by atoms with Gasteiger partial charge in [-0.25, -0.2) is 0 Å². The second kappa shape index (κ2) is 7.37. The summed E-state index contributed by atoms with van der Waals surface area (Å²) in [6.45, 7) is 9.43. The summed E-state index contributed by atoms with van der Waals surface area (Å²) in [6, 6.07) is 10.9. The molecule has 1 atom stereocenters. The van der Waals surface area contributed by atoms with E-state index in [0.29, 0.717) is 18.6 Å². The Labute approximate surface area is 124 Å². The molecule has 4 heteroatoms. The molecule has 1 radical (unpaired) electrons. The summed E-state index contributed by atoms with van der Waals surface area (Å²) in [4.78, 5) is 2.37. The fourth-order valence-electron chi connectivity index (χ4n) is 2.36. The summed E-state index contributed by atoms with van der Waals surface area (Å²) in [5, 5.41) is 0. The molecule has 0 fully saturated rings. The Morgan fingerprint density at radius 2 is 2.00 bits per heavy atom. The first kappa shape index (κ1) is 15.0. The Kier molecular flexibility index (Phi) is 5.80. The van der Waals surface area contributed by atoms with Gasteiger partial charge in [-0.2, -0.15) is 0 Å². The van der Waals surface area contributed by atoms with E-state index < -0.39 is 0 Å². The lowest BCUT2D eigenvalue weighted by Gasteiger charge is -2.42. The van der Waals surface area contributed by atoms with Gasteiger partial charge in [-0.15, -0.1) is 0 Å². The molecule has 0 heterocycles. The fourth-order valence-corrected chi connectivity index (χ4v) is 2.72. The highest BCUT2D eigenvalue weighted by Crippen LogP contribution is 2.33. The molecule has 1 rings (SSSR count). The van der Waals surface area contributed by atoms with Crippen LogP contribution in [0.4, 0.5) is 0 Å². The monoisotopic (exact) mass is 280 g/mol. The summed E-state index contributed by atoms with van der Waals surface area (Å²) in [5.74, 6) is 0.511. The van der Waals surface area contributed by atoms with Crippen molar-refractivity contribution in [3.8, 4) is 0 Å². The summed E-state index contributed by atoms with van der Waals surface area (Å²) in [6.07, 6.45) is 0. The minimum atomic E-state index is -0.0964. The Balaban J connectivity index is 2.86. The largest absolute Gasteiger partial charge is 0.326 e. The van der Waals surface area contributed by atoms with E-state index in [1.807, 2.05) is 0 Å². The Morgan fingerprint density at radius 3 is 2.53 bits per heavy atom. The topological polar surface area (TPSA) is 12.5 Å². The predicted octanol–water partition coefficient (Wildman–Crippen LogP) is 3.57. The average Bonchev–Trinajstić information content (AvgIpc) is 2.40. The predicted molar refractivity (Wildman–Crippen MR) is 86.6 cm³/mol. The van der Waals surface area contributed by atoms with Crippen LogP contribution in [0, 0.1) is 5.92 Å². The van der Waals surface area contributed by atoms with Gasteiger partial charge in [-0.1, -0.05) is 56.1 Å². The van der Waals surface area contributed by atoms with E-state index >= 15 is 0 Å². The third-order valence-electron chi connectivity index (χ3n) is 3.62. The van der Waals surface area contributed by atoms with E-state index in [4.69, 9.17) is 5.52 Å². The third kappa shape index (κ3) is 4.55. The maximum atomic E-state index is 7.00. The standard InChI is InChI=1S/C15H25BNOS/c1-12(2)14(13-9-7-6-8-10-13)17(5)15(3,4)11-18-19-16/h6-10,12,14,16H,11H2,1-5H3/i16T. The van der Waals surface area contributed by atoms with Crippen LogP contribution in [0.15, 0.2) is 30.3 Å². The zero-order valence-electron chi connectivity index (χ0n) is 13.6. The second-order valence-electron chi connectivity index (χ2n) is 5.88. The molecule has 0 aliphatic rings. The molecule has 0 saturated heterocycles. The van der Waals surface area contributed by atoms with Crippen LogP contribution in [0.5, 0.6) is 0 Å². The van der Waals surface area contributed by atoms with Crippen molar-refractivity contribution in [1.82, 2.24) is 4.90 Å². The number of benzene rings is 1. The van der Waals surface area contributed by atoms with Gasteiger partial charge in [0.2, 0.25) is 7.09 Å². The molecule has 0 amide bonds. The number of rotatable bonds is 8. The van der Waals surface area contributed by atoms with Crippen molar-refractivity contribution in [1.29, 1.82) is 1.34 Å². The Bertz CT molecular complexity index is 389. The van der Waals surface area contributed by atoms with E-state index in [1.165, 1.54) is 12.7 Å². The highest BCUT2D eigenvalue weighted by atomic mass is 32.2. The first-order valence-electron chi connectivity index (χ1n) is 7.24. The van der Waals surface area contributed by atoms with Gasteiger partial charge in [0.25, 0.3) is 0 Å². The van der Waals surface area contributed by atoms with Crippen LogP contribution < -0.4 is 0 Å². The van der Waals surface area contributed by atoms with Crippen LogP contribution in [-0.4, -0.2) is 32.5 Å². The summed E-state index contributed by atoms with van der Waals surface area (Å²) < 4.78 is 12.5. The molecule has 0 N–H and O–H groups in total. The molecule has 0 spiro atoms. The fraction of sp³-hybridized carbons (Fsp3) is 0.600. The number of hydrogen-bond donors (Lipinski definition) is 0. The minimum absolute atomic E-state index is 0.0964. The van der Waals surface area contributed by atoms with Gasteiger partial charge in [-0.05, 0) is 33.7 Å². The van der Waals surface area contributed by atoms with Gasteiger partial charge in [-0.3, -0.25) is 4.90 Å². The van der Waals surface area contributed by atoms with Gasteiger partial charge in [0, 0.05) is 11.6 Å². The van der Waals surface area contributed by atoms with Crippen molar-refractivity contribution in [3.63, 3.8) is 0 Å². The second-order valence-corrected chi connectivity index (χ2v) is 6.31. The van der Waals surface area contributed by atoms with Crippen LogP contribution in [0.3, 0.4) is 0 Å². The highest BCUT2D eigenvalue weighted by molar-refractivity contribution is 8.15. The maximum absolute atomic E-state index is 7.00. The SMILES string of the molecule is [3H][B]SOCC(C)(C)N(C)C(c1ccccc1)C(C)C. The molecule has 0 saturated carbocycles. The van der Waals surface area contributed by atoms with Crippen LogP contribution in [0.1, 0.15) is 39.3 Å². The van der Waals surface area contributed by atoms with Gasteiger partial charge >= 0.3 is 0 Å². The molecule has 1 unspecified atom stereocenters. The van der Waals surface area contributed by atoms with Crippen LogP contribution >= 0.6 is 11.9 Å². The molecule has 1 aromatic carbocycles. The van der Waals surface area contributed by atoms with Gasteiger partial charge < -0.3 is 4.18 Å². The van der Waals surface area contributed by atoms with E-state index in [0.717, 1.165) is 11.9 Å². The van der Waals surface area contributed by atoms with Crippen molar-refractivity contribution in [2.75, 3.05) is 13.7 Å². The molecule has 0 aromatic heterocycles. The zero-order valence-corrected chi connectivity index (χ0v) is 13.4. The molecule has 0 aliphatic heterocycles. The summed E-state index contributed by atoms with van der Waals surface area (Å²) in [7, 11) is 3.36. The Hall–Kier alpha value is -0.445.